The van der Waals surface area contributed by atoms with E-state index in [0.717, 1.165) is 5.56 Å². The Morgan fingerprint density at radius 2 is 1.92 bits per heavy atom. The number of rotatable bonds is 6. The molecule has 0 heterocycles. The first-order valence-electron chi connectivity index (χ1n) is 7.89. The molecule has 0 saturated heterocycles. The van der Waals surface area contributed by atoms with Crippen molar-refractivity contribution >= 4 is 29.1 Å². The molecule has 0 fully saturated rings. The summed E-state index contributed by atoms with van der Waals surface area (Å²) in [5, 5.41) is 3.13. The van der Waals surface area contributed by atoms with Crippen LogP contribution in [0.5, 0.6) is 5.75 Å². The fourth-order valence-electron chi connectivity index (χ4n) is 2.30. The van der Waals surface area contributed by atoms with Crippen molar-refractivity contribution in [1.82, 2.24) is 4.90 Å². The van der Waals surface area contributed by atoms with Crippen molar-refractivity contribution in [2.75, 3.05) is 18.9 Å². The van der Waals surface area contributed by atoms with Gasteiger partial charge in [-0.1, -0.05) is 35.9 Å². The van der Waals surface area contributed by atoms with Gasteiger partial charge in [0.2, 0.25) is 5.91 Å². The Labute approximate surface area is 152 Å². The summed E-state index contributed by atoms with van der Waals surface area (Å²) in [6.45, 7) is 3.52. The Hall–Kier alpha value is -2.53. The lowest BCUT2D eigenvalue weighted by atomic mass is 10.2. The minimum absolute atomic E-state index is 0.0917. The van der Waals surface area contributed by atoms with Gasteiger partial charge in [0.15, 0.2) is 6.10 Å². The van der Waals surface area contributed by atoms with E-state index in [1.165, 1.54) is 4.90 Å². The first-order valence-corrected chi connectivity index (χ1v) is 8.27. The predicted molar refractivity (Wildman–Crippen MR) is 99.0 cm³/mol. The molecule has 0 aromatic heterocycles. The van der Waals surface area contributed by atoms with Gasteiger partial charge in [-0.05, 0) is 43.7 Å². The molecule has 0 aliphatic carbocycles. The van der Waals surface area contributed by atoms with Gasteiger partial charge in [0.25, 0.3) is 5.91 Å². The van der Waals surface area contributed by atoms with E-state index in [-0.39, 0.29) is 18.4 Å². The normalized spacial score (nSPS) is 11.5. The zero-order valence-electron chi connectivity index (χ0n) is 14.5. The van der Waals surface area contributed by atoms with Crippen LogP contribution in [-0.2, 0) is 9.59 Å². The molecule has 0 radical (unpaired) electrons. The molecule has 0 spiro atoms. The number of ether oxygens (including phenoxy) is 1. The Morgan fingerprint density at radius 3 is 2.60 bits per heavy atom. The molecular weight excluding hydrogens is 340 g/mol. The van der Waals surface area contributed by atoms with Crippen LogP contribution < -0.4 is 10.1 Å². The van der Waals surface area contributed by atoms with Crippen LogP contribution in [-0.4, -0.2) is 36.4 Å². The van der Waals surface area contributed by atoms with E-state index in [0.29, 0.717) is 16.5 Å². The summed E-state index contributed by atoms with van der Waals surface area (Å²) < 4.78 is 5.65. The number of likely N-dealkylation sites (N-methyl/N-ethyl adjacent to an activating group) is 1. The molecule has 0 bridgehead atoms. The Kier molecular flexibility index (Phi) is 6.42. The van der Waals surface area contributed by atoms with Crippen LogP contribution in [0.15, 0.2) is 48.5 Å². The SMILES string of the molecule is Cc1cccc(O[C@@H](C)C(=O)N(C)CC(=O)Nc2ccccc2Cl)c1. The smallest absolute Gasteiger partial charge is 0.263 e. The van der Waals surface area contributed by atoms with Crippen molar-refractivity contribution in [3.8, 4) is 5.75 Å². The van der Waals surface area contributed by atoms with Crippen LogP contribution in [0.1, 0.15) is 12.5 Å². The van der Waals surface area contributed by atoms with Crippen LogP contribution in [0.3, 0.4) is 0 Å². The average Bonchev–Trinajstić information content (AvgIpc) is 2.56. The van der Waals surface area contributed by atoms with Gasteiger partial charge in [0, 0.05) is 7.05 Å². The third-order valence-electron chi connectivity index (χ3n) is 3.56. The van der Waals surface area contributed by atoms with E-state index >= 15 is 0 Å². The van der Waals surface area contributed by atoms with Crippen molar-refractivity contribution in [3.63, 3.8) is 0 Å². The zero-order chi connectivity index (χ0) is 18.4. The topological polar surface area (TPSA) is 58.6 Å². The molecular formula is C19H21ClN2O3. The maximum atomic E-state index is 12.4. The van der Waals surface area contributed by atoms with E-state index in [1.54, 1.807) is 44.3 Å². The van der Waals surface area contributed by atoms with Crippen LogP contribution in [0, 0.1) is 6.92 Å². The van der Waals surface area contributed by atoms with Crippen LogP contribution in [0.2, 0.25) is 5.02 Å². The molecule has 2 amide bonds. The quantitative estimate of drug-likeness (QED) is 0.857. The highest BCUT2D eigenvalue weighted by molar-refractivity contribution is 6.33. The first-order chi connectivity index (χ1) is 11.9. The molecule has 6 heteroatoms. The molecule has 132 valence electrons. The summed E-state index contributed by atoms with van der Waals surface area (Å²) in [4.78, 5) is 25.8. The second-order valence-corrected chi connectivity index (χ2v) is 6.21. The number of anilines is 1. The number of amides is 2. The summed E-state index contributed by atoms with van der Waals surface area (Å²) in [7, 11) is 1.56. The molecule has 0 unspecified atom stereocenters. The predicted octanol–water partition coefficient (Wildman–Crippen LogP) is 3.51. The van der Waals surface area contributed by atoms with Crippen molar-refractivity contribution in [3.05, 3.63) is 59.1 Å². The van der Waals surface area contributed by atoms with Gasteiger partial charge >= 0.3 is 0 Å². The van der Waals surface area contributed by atoms with Crippen LogP contribution in [0.25, 0.3) is 0 Å². The van der Waals surface area contributed by atoms with E-state index in [9.17, 15) is 9.59 Å². The number of carbonyl (C=O) groups excluding carboxylic acids is 2. The summed E-state index contributed by atoms with van der Waals surface area (Å²) >= 11 is 6.01. The molecule has 0 saturated carbocycles. The molecule has 25 heavy (non-hydrogen) atoms. The highest BCUT2D eigenvalue weighted by atomic mass is 35.5. The van der Waals surface area contributed by atoms with E-state index in [1.807, 2.05) is 25.1 Å². The molecule has 2 rings (SSSR count). The zero-order valence-corrected chi connectivity index (χ0v) is 15.2. The maximum Gasteiger partial charge on any atom is 0.263 e. The number of carbonyl (C=O) groups is 2. The van der Waals surface area contributed by atoms with Crippen molar-refractivity contribution in [2.24, 2.45) is 0 Å². The molecule has 2 aromatic rings. The molecule has 2 aromatic carbocycles. The number of hydrogen-bond acceptors (Lipinski definition) is 3. The fourth-order valence-corrected chi connectivity index (χ4v) is 2.48. The highest BCUT2D eigenvalue weighted by Crippen LogP contribution is 2.20. The number of nitrogens with one attached hydrogen (secondary N) is 1. The summed E-state index contributed by atoms with van der Waals surface area (Å²) in [6, 6.07) is 14.4. The van der Waals surface area contributed by atoms with E-state index in [4.69, 9.17) is 16.3 Å². The van der Waals surface area contributed by atoms with Gasteiger partial charge in [0.1, 0.15) is 5.75 Å². The van der Waals surface area contributed by atoms with Gasteiger partial charge in [-0.15, -0.1) is 0 Å². The third kappa shape index (κ3) is 5.50. The molecule has 0 aliphatic heterocycles. The van der Waals surface area contributed by atoms with E-state index < -0.39 is 6.10 Å². The lowest BCUT2D eigenvalue weighted by molar-refractivity contribution is -0.139. The van der Waals surface area contributed by atoms with Crippen molar-refractivity contribution in [1.29, 1.82) is 0 Å². The highest BCUT2D eigenvalue weighted by Gasteiger charge is 2.21. The van der Waals surface area contributed by atoms with E-state index in [2.05, 4.69) is 5.32 Å². The minimum Gasteiger partial charge on any atom is -0.481 e. The number of halogens is 1. The lowest BCUT2D eigenvalue weighted by Gasteiger charge is -2.22. The number of aryl methyl sites for hydroxylation is 1. The Balaban J connectivity index is 1.90. The van der Waals surface area contributed by atoms with Gasteiger partial charge in [-0.25, -0.2) is 0 Å². The molecule has 5 nitrogen and oxygen atoms in total. The number of benzene rings is 2. The van der Waals surface area contributed by atoms with Gasteiger partial charge in [-0.3, -0.25) is 9.59 Å². The first kappa shape index (κ1) is 18.8. The maximum absolute atomic E-state index is 12.4. The summed E-state index contributed by atoms with van der Waals surface area (Å²) in [5.41, 5.74) is 1.56. The van der Waals surface area contributed by atoms with Gasteiger partial charge < -0.3 is 15.0 Å². The number of para-hydroxylation sites is 1. The van der Waals surface area contributed by atoms with Crippen LogP contribution >= 0.6 is 11.6 Å². The molecule has 0 aliphatic rings. The average molecular weight is 361 g/mol. The molecule has 1 N–H and O–H groups in total. The molecule has 1 atom stereocenters. The summed E-state index contributed by atoms with van der Waals surface area (Å²) in [6.07, 6.45) is -0.695. The Bertz CT molecular complexity index is 764. The van der Waals surface area contributed by atoms with Crippen molar-refractivity contribution < 1.29 is 14.3 Å². The van der Waals surface area contributed by atoms with Gasteiger partial charge in [0.05, 0.1) is 17.3 Å². The minimum atomic E-state index is -0.695. The number of hydrogen-bond donors (Lipinski definition) is 1. The number of nitrogens with zero attached hydrogens (tertiary/aromatic N) is 1. The second kappa shape index (κ2) is 8.53. The largest absolute Gasteiger partial charge is 0.481 e. The fraction of sp³-hybridized carbons (Fsp3) is 0.263. The van der Waals surface area contributed by atoms with Crippen molar-refractivity contribution in [2.45, 2.75) is 20.0 Å². The standard InChI is InChI=1S/C19H21ClN2O3/c1-13-7-6-8-15(11-13)25-14(2)19(24)22(3)12-18(23)21-17-10-5-4-9-16(17)20/h4-11,14H,12H2,1-3H3,(H,21,23)/t14-/m0/s1. The third-order valence-corrected chi connectivity index (χ3v) is 3.88. The Morgan fingerprint density at radius 1 is 1.20 bits per heavy atom. The lowest BCUT2D eigenvalue weighted by Crippen LogP contribution is -2.42. The van der Waals surface area contributed by atoms with Crippen LogP contribution in [0.4, 0.5) is 5.69 Å². The second-order valence-electron chi connectivity index (χ2n) is 5.80. The summed E-state index contributed by atoms with van der Waals surface area (Å²) in [5.74, 6) is 0.0114. The van der Waals surface area contributed by atoms with Gasteiger partial charge in [-0.2, -0.15) is 0 Å². The monoisotopic (exact) mass is 360 g/mol.